The van der Waals surface area contributed by atoms with Gasteiger partial charge in [0.15, 0.2) is 0 Å². The Morgan fingerprint density at radius 2 is 1.81 bits per heavy atom. The molecule has 0 spiro atoms. The number of aryl methyl sites for hydroxylation is 2. The lowest BCUT2D eigenvalue weighted by molar-refractivity contribution is 0.102. The first-order chi connectivity index (χ1) is 15.4. The number of amides is 1. The molecule has 0 saturated carbocycles. The first-order valence-electron chi connectivity index (χ1n) is 10.7. The predicted molar refractivity (Wildman–Crippen MR) is 126 cm³/mol. The molecule has 3 aromatic carbocycles. The Kier molecular flexibility index (Phi) is 6.19. The normalized spacial score (nSPS) is 13.4. The van der Waals surface area contributed by atoms with Crippen molar-refractivity contribution in [1.29, 1.82) is 0 Å². The maximum Gasteiger partial charge on any atom is 0.264 e. The van der Waals surface area contributed by atoms with Gasteiger partial charge >= 0.3 is 0 Å². The van der Waals surface area contributed by atoms with Gasteiger partial charge in [-0.3, -0.25) is 9.10 Å². The van der Waals surface area contributed by atoms with Crippen LogP contribution in [0.1, 0.15) is 34.8 Å². The molecule has 3 aromatic rings. The number of fused-ring (bicyclic) bond motifs is 1. The number of nitrogens with one attached hydrogen (secondary N) is 1. The van der Waals surface area contributed by atoms with E-state index in [4.69, 9.17) is 4.74 Å². The zero-order valence-electron chi connectivity index (χ0n) is 18.2. The van der Waals surface area contributed by atoms with E-state index >= 15 is 0 Å². The topological polar surface area (TPSA) is 75.7 Å². The molecule has 6 nitrogen and oxygen atoms in total. The lowest BCUT2D eigenvalue weighted by atomic mass is 10.0. The molecule has 0 unspecified atom stereocenters. The van der Waals surface area contributed by atoms with Crippen molar-refractivity contribution in [3.05, 3.63) is 83.4 Å². The molecule has 7 heteroatoms. The zero-order chi connectivity index (χ0) is 22.7. The van der Waals surface area contributed by atoms with Crippen LogP contribution in [0.2, 0.25) is 0 Å². The quantitative estimate of drug-likeness (QED) is 0.586. The van der Waals surface area contributed by atoms with Crippen molar-refractivity contribution >= 4 is 27.3 Å². The molecule has 0 bridgehead atoms. The van der Waals surface area contributed by atoms with E-state index in [1.165, 1.54) is 4.31 Å². The van der Waals surface area contributed by atoms with Crippen LogP contribution in [-0.2, 0) is 16.4 Å². The summed E-state index contributed by atoms with van der Waals surface area (Å²) in [4.78, 5) is 13.1. The summed E-state index contributed by atoms with van der Waals surface area (Å²) in [6, 6.07) is 19.3. The largest absolute Gasteiger partial charge is 0.493 e. The van der Waals surface area contributed by atoms with Crippen LogP contribution in [0.3, 0.4) is 0 Å². The molecule has 1 N–H and O–H groups in total. The highest BCUT2D eigenvalue weighted by Gasteiger charge is 2.29. The van der Waals surface area contributed by atoms with Crippen molar-refractivity contribution in [2.45, 2.75) is 31.6 Å². The van der Waals surface area contributed by atoms with E-state index in [-0.39, 0.29) is 10.8 Å². The van der Waals surface area contributed by atoms with E-state index in [1.807, 2.05) is 32.0 Å². The second-order valence-electron chi connectivity index (χ2n) is 7.72. The van der Waals surface area contributed by atoms with E-state index in [0.29, 0.717) is 35.8 Å². The second-order valence-corrected chi connectivity index (χ2v) is 9.58. The molecule has 1 aliphatic rings. The van der Waals surface area contributed by atoms with Gasteiger partial charge in [0.25, 0.3) is 15.9 Å². The van der Waals surface area contributed by atoms with E-state index in [0.717, 1.165) is 24.0 Å². The van der Waals surface area contributed by atoms with Gasteiger partial charge in [0.2, 0.25) is 0 Å². The van der Waals surface area contributed by atoms with Gasteiger partial charge < -0.3 is 10.1 Å². The van der Waals surface area contributed by atoms with Crippen LogP contribution in [-0.4, -0.2) is 27.5 Å². The number of para-hydroxylation sites is 1. The number of benzene rings is 3. The van der Waals surface area contributed by atoms with Gasteiger partial charge in [0.1, 0.15) is 5.75 Å². The highest BCUT2D eigenvalue weighted by molar-refractivity contribution is 7.92. The van der Waals surface area contributed by atoms with E-state index in [9.17, 15) is 13.2 Å². The summed E-state index contributed by atoms with van der Waals surface area (Å²) in [5.41, 5.74) is 3.51. The summed E-state index contributed by atoms with van der Waals surface area (Å²) in [7, 11) is -3.70. The molecule has 1 heterocycles. The molecule has 32 heavy (non-hydrogen) atoms. The van der Waals surface area contributed by atoms with Crippen molar-refractivity contribution in [3.8, 4) is 5.75 Å². The van der Waals surface area contributed by atoms with E-state index < -0.39 is 10.0 Å². The molecule has 4 rings (SSSR count). The standard InChI is InChI=1S/C25H26N2O4S/c1-3-31-24-9-5-4-8-22(24)25(28)26-20-13-12-19-7-6-16-27(23(19)17-20)32(29,30)21-14-10-18(2)11-15-21/h4-5,8-15,17H,3,6-7,16H2,1-2H3,(H,26,28). The molecule has 0 saturated heterocycles. The Morgan fingerprint density at radius 3 is 2.56 bits per heavy atom. The number of carbonyl (C=O) groups is 1. The molecule has 1 amide bonds. The van der Waals surface area contributed by atoms with Crippen LogP contribution < -0.4 is 14.4 Å². The van der Waals surface area contributed by atoms with Gasteiger partial charge in [0.05, 0.1) is 22.8 Å². The van der Waals surface area contributed by atoms with Crippen molar-refractivity contribution in [2.24, 2.45) is 0 Å². The number of anilines is 2. The molecular weight excluding hydrogens is 424 g/mol. The molecule has 166 valence electrons. The third-order valence-corrected chi connectivity index (χ3v) is 7.29. The van der Waals surface area contributed by atoms with Gasteiger partial charge in [0, 0.05) is 12.2 Å². The number of ether oxygens (including phenoxy) is 1. The Bertz CT molecular complexity index is 1240. The minimum absolute atomic E-state index is 0.260. The molecular formula is C25H26N2O4S. The smallest absolute Gasteiger partial charge is 0.264 e. The summed E-state index contributed by atoms with van der Waals surface area (Å²) in [6.07, 6.45) is 1.53. The number of sulfonamides is 1. The summed E-state index contributed by atoms with van der Waals surface area (Å²) >= 11 is 0. The highest BCUT2D eigenvalue weighted by Crippen LogP contribution is 2.34. The van der Waals surface area contributed by atoms with Gasteiger partial charge in [-0.15, -0.1) is 0 Å². The molecule has 0 aliphatic carbocycles. The Morgan fingerprint density at radius 1 is 1.06 bits per heavy atom. The first-order valence-corrected chi connectivity index (χ1v) is 12.1. The monoisotopic (exact) mass is 450 g/mol. The summed E-state index contributed by atoms with van der Waals surface area (Å²) in [6.45, 7) is 4.63. The zero-order valence-corrected chi connectivity index (χ0v) is 19.0. The van der Waals surface area contributed by atoms with Gasteiger partial charge in [-0.2, -0.15) is 0 Å². The average Bonchev–Trinajstić information content (AvgIpc) is 2.79. The Balaban J connectivity index is 1.65. The number of hydrogen-bond donors (Lipinski definition) is 1. The number of carbonyl (C=O) groups excluding carboxylic acids is 1. The van der Waals surface area contributed by atoms with Crippen molar-refractivity contribution in [2.75, 3.05) is 22.8 Å². The maximum absolute atomic E-state index is 13.4. The predicted octanol–water partition coefficient (Wildman–Crippen LogP) is 4.79. The Hall–Kier alpha value is -3.32. The highest BCUT2D eigenvalue weighted by atomic mass is 32.2. The number of rotatable bonds is 6. The minimum atomic E-state index is -3.70. The van der Waals surface area contributed by atoms with Crippen molar-refractivity contribution < 1.29 is 17.9 Å². The van der Waals surface area contributed by atoms with Crippen LogP contribution >= 0.6 is 0 Å². The molecule has 0 radical (unpaired) electrons. The van der Waals surface area contributed by atoms with Crippen LogP contribution in [0.5, 0.6) is 5.75 Å². The van der Waals surface area contributed by atoms with Crippen molar-refractivity contribution in [3.63, 3.8) is 0 Å². The first kappa shape index (κ1) is 21.9. The van der Waals surface area contributed by atoms with Crippen LogP contribution in [0.25, 0.3) is 0 Å². The summed E-state index contributed by atoms with van der Waals surface area (Å²) in [5, 5.41) is 2.89. The lowest BCUT2D eigenvalue weighted by Crippen LogP contribution is -2.35. The van der Waals surface area contributed by atoms with Crippen LogP contribution in [0.4, 0.5) is 11.4 Å². The van der Waals surface area contributed by atoms with E-state index in [1.54, 1.807) is 48.5 Å². The molecule has 1 aliphatic heterocycles. The van der Waals surface area contributed by atoms with Crippen molar-refractivity contribution in [1.82, 2.24) is 0 Å². The molecule has 0 aromatic heterocycles. The SMILES string of the molecule is CCOc1ccccc1C(=O)Nc1ccc2c(c1)N(S(=O)(=O)c1ccc(C)cc1)CCC2. The third-order valence-electron chi connectivity index (χ3n) is 5.46. The number of nitrogens with zero attached hydrogens (tertiary/aromatic N) is 1. The number of hydrogen-bond acceptors (Lipinski definition) is 4. The van der Waals surface area contributed by atoms with Gasteiger partial charge in [-0.1, -0.05) is 35.9 Å². The fraction of sp³-hybridized carbons (Fsp3) is 0.240. The third kappa shape index (κ3) is 4.34. The summed E-state index contributed by atoms with van der Waals surface area (Å²) in [5.74, 6) is 0.201. The Labute approximate surface area is 188 Å². The second kappa shape index (κ2) is 9.04. The maximum atomic E-state index is 13.4. The van der Waals surface area contributed by atoms with Gasteiger partial charge in [-0.05, 0) is 68.7 Å². The summed E-state index contributed by atoms with van der Waals surface area (Å²) < 4.78 is 33.7. The fourth-order valence-electron chi connectivity index (χ4n) is 3.84. The van der Waals surface area contributed by atoms with Crippen LogP contribution in [0.15, 0.2) is 71.6 Å². The fourth-order valence-corrected chi connectivity index (χ4v) is 5.37. The van der Waals surface area contributed by atoms with E-state index in [2.05, 4.69) is 5.32 Å². The lowest BCUT2D eigenvalue weighted by Gasteiger charge is -2.31. The molecule has 0 fully saturated rings. The average molecular weight is 451 g/mol. The van der Waals surface area contributed by atoms with Crippen LogP contribution in [0, 0.1) is 6.92 Å². The van der Waals surface area contributed by atoms with Gasteiger partial charge in [-0.25, -0.2) is 8.42 Å². The molecule has 0 atom stereocenters. The minimum Gasteiger partial charge on any atom is -0.493 e.